The van der Waals surface area contributed by atoms with Crippen molar-refractivity contribution in [1.29, 1.82) is 0 Å². The standard InChI is InChI=1S/C17H19BrO3/c1-3-4-14(11-12(2)19)17(10-9-16(20)21-17)13-5-7-15(18)8-6-13/h5-10,14H,3-4,11H2,1-2H3/t14-,17+/m0/s1. The number of Topliss-reactive ketones (excluding diaryl/α,β-unsaturated/α-hetero) is 1. The number of hydrogen-bond donors (Lipinski definition) is 0. The topological polar surface area (TPSA) is 43.4 Å². The third-order valence-corrected chi connectivity index (χ3v) is 4.34. The van der Waals surface area contributed by atoms with Gasteiger partial charge in [-0.05, 0) is 37.1 Å². The van der Waals surface area contributed by atoms with Crippen LogP contribution in [0.25, 0.3) is 0 Å². The molecule has 2 atom stereocenters. The molecule has 3 nitrogen and oxygen atoms in total. The van der Waals surface area contributed by atoms with Crippen molar-refractivity contribution < 1.29 is 14.3 Å². The molecule has 0 fully saturated rings. The first-order valence-electron chi connectivity index (χ1n) is 7.15. The number of benzene rings is 1. The van der Waals surface area contributed by atoms with Crippen molar-refractivity contribution >= 4 is 27.7 Å². The van der Waals surface area contributed by atoms with Gasteiger partial charge in [0.05, 0.1) is 0 Å². The summed E-state index contributed by atoms with van der Waals surface area (Å²) in [6.45, 7) is 3.65. The molecule has 0 saturated carbocycles. The molecule has 0 amide bonds. The molecule has 1 heterocycles. The van der Waals surface area contributed by atoms with Gasteiger partial charge in [-0.25, -0.2) is 4.79 Å². The normalized spacial score (nSPS) is 22.1. The van der Waals surface area contributed by atoms with Crippen LogP contribution in [0.5, 0.6) is 0 Å². The van der Waals surface area contributed by atoms with Crippen LogP contribution >= 0.6 is 15.9 Å². The van der Waals surface area contributed by atoms with E-state index in [1.165, 1.54) is 6.08 Å². The zero-order chi connectivity index (χ0) is 15.5. The van der Waals surface area contributed by atoms with Gasteiger partial charge in [0.1, 0.15) is 5.78 Å². The van der Waals surface area contributed by atoms with Crippen LogP contribution in [0.15, 0.2) is 40.9 Å². The minimum absolute atomic E-state index is 0.0381. The SMILES string of the molecule is CCC[C@@H](CC(C)=O)[C@]1(c2ccc(Br)cc2)C=CC(=O)O1. The van der Waals surface area contributed by atoms with Gasteiger partial charge in [-0.3, -0.25) is 0 Å². The van der Waals surface area contributed by atoms with Crippen molar-refractivity contribution in [1.82, 2.24) is 0 Å². The lowest BCUT2D eigenvalue weighted by atomic mass is 9.76. The number of rotatable bonds is 6. The van der Waals surface area contributed by atoms with Crippen LogP contribution in [0.2, 0.25) is 0 Å². The molecule has 1 aliphatic heterocycles. The van der Waals surface area contributed by atoms with Crippen LogP contribution in [0.1, 0.15) is 38.7 Å². The maximum absolute atomic E-state index is 11.7. The molecule has 0 radical (unpaired) electrons. The van der Waals surface area contributed by atoms with Crippen molar-refractivity contribution in [3.8, 4) is 0 Å². The lowest BCUT2D eigenvalue weighted by Gasteiger charge is -2.35. The van der Waals surface area contributed by atoms with Crippen LogP contribution in [-0.4, -0.2) is 11.8 Å². The van der Waals surface area contributed by atoms with Crippen LogP contribution in [0, 0.1) is 5.92 Å². The monoisotopic (exact) mass is 350 g/mol. The summed E-state index contributed by atoms with van der Waals surface area (Å²) < 4.78 is 6.64. The number of cyclic esters (lactones) is 1. The van der Waals surface area contributed by atoms with Crippen molar-refractivity contribution in [3.05, 3.63) is 46.5 Å². The highest BCUT2D eigenvalue weighted by atomic mass is 79.9. The van der Waals surface area contributed by atoms with Crippen molar-refractivity contribution in [3.63, 3.8) is 0 Å². The molecule has 21 heavy (non-hydrogen) atoms. The van der Waals surface area contributed by atoms with Crippen LogP contribution < -0.4 is 0 Å². The van der Waals surface area contributed by atoms with Gasteiger partial charge in [0.15, 0.2) is 5.60 Å². The maximum Gasteiger partial charge on any atom is 0.331 e. The zero-order valence-electron chi connectivity index (χ0n) is 12.3. The Balaban J connectivity index is 2.45. The summed E-state index contributed by atoms with van der Waals surface area (Å²) in [4.78, 5) is 23.3. The van der Waals surface area contributed by atoms with E-state index in [0.717, 1.165) is 22.9 Å². The first-order chi connectivity index (χ1) is 9.98. The molecular weight excluding hydrogens is 332 g/mol. The Labute approximate surface area is 133 Å². The van der Waals surface area contributed by atoms with Gasteiger partial charge in [-0.1, -0.05) is 41.4 Å². The Morgan fingerprint density at radius 3 is 2.48 bits per heavy atom. The number of ketones is 1. The van der Waals surface area contributed by atoms with Crippen LogP contribution in [0.3, 0.4) is 0 Å². The average Bonchev–Trinajstić information content (AvgIpc) is 2.82. The highest BCUT2D eigenvalue weighted by Crippen LogP contribution is 2.43. The van der Waals surface area contributed by atoms with Gasteiger partial charge >= 0.3 is 5.97 Å². The van der Waals surface area contributed by atoms with E-state index < -0.39 is 5.60 Å². The van der Waals surface area contributed by atoms with E-state index in [1.54, 1.807) is 6.92 Å². The lowest BCUT2D eigenvalue weighted by Crippen LogP contribution is -2.36. The predicted octanol–water partition coefficient (Wildman–Crippen LogP) is 4.15. The molecule has 0 aromatic heterocycles. The molecule has 4 heteroatoms. The summed E-state index contributed by atoms with van der Waals surface area (Å²) in [6.07, 6.45) is 5.43. The number of esters is 1. The van der Waals surface area contributed by atoms with Crippen molar-refractivity contribution in [2.24, 2.45) is 5.92 Å². The van der Waals surface area contributed by atoms with E-state index in [9.17, 15) is 9.59 Å². The molecule has 1 aromatic rings. The Morgan fingerprint density at radius 2 is 2.00 bits per heavy atom. The summed E-state index contributed by atoms with van der Waals surface area (Å²) in [5.74, 6) is -0.271. The van der Waals surface area contributed by atoms with Crippen LogP contribution in [-0.2, 0) is 19.9 Å². The van der Waals surface area contributed by atoms with Gasteiger partial charge in [0.25, 0.3) is 0 Å². The molecule has 0 bridgehead atoms. The lowest BCUT2D eigenvalue weighted by molar-refractivity contribution is -0.152. The molecule has 0 aliphatic carbocycles. The Hall–Kier alpha value is -1.42. The average molecular weight is 351 g/mol. The number of carbonyl (C=O) groups excluding carboxylic acids is 2. The smallest absolute Gasteiger partial charge is 0.331 e. The Morgan fingerprint density at radius 1 is 1.33 bits per heavy atom. The predicted molar refractivity (Wildman–Crippen MR) is 84.7 cm³/mol. The quantitative estimate of drug-likeness (QED) is 0.723. The molecule has 0 spiro atoms. The Kier molecular flexibility index (Phi) is 4.99. The van der Waals surface area contributed by atoms with Gasteiger partial charge in [-0.2, -0.15) is 0 Å². The van der Waals surface area contributed by atoms with E-state index in [2.05, 4.69) is 22.9 Å². The zero-order valence-corrected chi connectivity index (χ0v) is 13.9. The fourth-order valence-corrected chi connectivity index (χ4v) is 3.17. The number of carbonyl (C=O) groups is 2. The molecule has 2 rings (SSSR count). The van der Waals surface area contributed by atoms with Gasteiger partial charge in [0.2, 0.25) is 0 Å². The van der Waals surface area contributed by atoms with Gasteiger partial charge in [0, 0.05) is 22.9 Å². The highest BCUT2D eigenvalue weighted by molar-refractivity contribution is 9.10. The molecule has 1 aliphatic rings. The van der Waals surface area contributed by atoms with Crippen LogP contribution in [0.4, 0.5) is 0 Å². The fraction of sp³-hybridized carbons (Fsp3) is 0.412. The van der Waals surface area contributed by atoms with Gasteiger partial charge < -0.3 is 9.53 Å². The summed E-state index contributed by atoms with van der Waals surface area (Å²) in [7, 11) is 0. The Bertz CT molecular complexity index is 562. The summed E-state index contributed by atoms with van der Waals surface area (Å²) in [6, 6.07) is 7.73. The first kappa shape index (κ1) is 16.0. The first-order valence-corrected chi connectivity index (χ1v) is 7.95. The summed E-state index contributed by atoms with van der Waals surface area (Å²) >= 11 is 3.41. The molecular formula is C17H19BrO3. The van der Waals surface area contributed by atoms with Gasteiger partial charge in [-0.15, -0.1) is 0 Å². The van der Waals surface area contributed by atoms with Crippen molar-refractivity contribution in [2.75, 3.05) is 0 Å². The molecule has 0 unspecified atom stereocenters. The maximum atomic E-state index is 11.7. The van der Waals surface area contributed by atoms with E-state index in [1.807, 2.05) is 30.3 Å². The summed E-state index contributed by atoms with van der Waals surface area (Å²) in [5, 5.41) is 0. The molecule has 0 N–H and O–H groups in total. The molecule has 0 saturated heterocycles. The fourth-order valence-electron chi connectivity index (χ4n) is 2.91. The number of ether oxygens (including phenoxy) is 1. The summed E-state index contributed by atoms with van der Waals surface area (Å²) in [5.41, 5.74) is 0.0897. The molecule has 1 aromatic carbocycles. The second-order valence-electron chi connectivity index (χ2n) is 5.45. The second-order valence-corrected chi connectivity index (χ2v) is 6.36. The van der Waals surface area contributed by atoms with E-state index in [-0.39, 0.29) is 17.7 Å². The van der Waals surface area contributed by atoms with E-state index >= 15 is 0 Å². The largest absolute Gasteiger partial charge is 0.446 e. The number of hydrogen-bond acceptors (Lipinski definition) is 3. The highest BCUT2D eigenvalue weighted by Gasteiger charge is 2.44. The minimum atomic E-state index is -0.820. The third kappa shape index (κ3) is 3.43. The van der Waals surface area contributed by atoms with E-state index in [4.69, 9.17) is 4.74 Å². The van der Waals surface area contributed by atoms with E-state index in [0.29, 0.717) is 6.42 Å². The second kappa shape index (κ2) is 6.56. The van der Waals surface area contributed by atoms with Crippen molar-refractivity contribution in [2.45, 2.75) is 38.7 Å². The third-order valence-electron chi connectivity index (χ3n) is 3.81. The minimum Gasteiger partial charge on any atom is -0.446 e. The molecule has 112 valence electrons. The number of halogens is 1.